The molecule has 5 heteroatoms. The van der Waals surface area contributed by atoms with Crippen molar-refractivity contribution < 1.29 is 14.4 Å². The van der Waals surface area contributed by atoms with Crippen LogP contribution >= 0.6 is 0 Å². The van der Waals surface area contributed by atoms with Gasteiger partial charge < -0.3 is 14.4 Å². The summed E-state index contributed by atoms with van der Waals surface area (Å²) in [4.78, 5) is 4.21. The van der Waals surface area contributed by atoms with Crippen LogP contribution in [0.1, 0.15) is 32.0 Å². The number of methoxy groups -OCH3 is 1. The molecule has 1 N–H and O–H groups in total. The van der Waals surface area contributed by atoms with Crippen molar-refractivity contribution >= 4 is 0 Å². The lowest BCUT2D eigenvalue weighted by Crippen LogP contribution is -2.17. The molecule has 5 nitrogen and oxygen atoms in total. The van der Waals surface area contributed by atoms with E-state index in [2.05, 4.69) is 10.1 Å². The Balaban J connectivity index is 2.39. The Labute approximate surface area is 95.8 Å². The highest BCUT2D eigenvalue weighted by Crippen LogP contribution is 2.09. The number of rotatable bonds is 7. The first-order valence-corrected chi connectivity index (χ1v) is 5.62. The Bertz CT molecular complexity index is 299. The predicted octanol–water partition coefficient (Wildman–Crippen LogP) is 1.21. The van der Waals surface area contributed by atoms with Crippen molar-refractivity contribution in [1.82, 2.24) is 10.1 Å². The lowest BCUT2D eigenvalue weighted by Gasteiger charge is -2.10. The van der Waals surface area contributed by atoms with Crippen LogP contribution in [0.3, 0.4) is 0 Å². The highest BCUT2D eigenvalue weighted by atomic mass is 16.5. The number of nitrogens with zero attached hydrogens (tertiary/aromatic N) is 2. The molecule has 0 saturated heterocycles. The second kappa shape index (κ2) is 6.60. The number of aryl methyl sites for hydroxylation is 1. The quantitative estimate of drug-likeness (QED) is 0.710. The largest absolute Gasteiger partial charge is 0.392 e. The third-order valence-electron chi connectivity index (χ3n) is 2.41. The van der Waals surface area contributed by atoms with Gasteiger partial charge in [-0.25, -0.2) is 0 Å². The van der Waals surface area contributed by atoms with Gasteiger partial charge in [-0.05, 0) is 12.3 Å². The van der Waals surface area contributed by atoms with E-state index in [0.717, 1.165) is 12.8 Å². The van der Waals surface area contributed by atoms with Crippen molar-refractivity contribution in [3.63, 3.8) is 0 Å². The minimum Gasteiger partial charge on any atom is -0.392 e. The summed E-state index contributed by atoms with van der Waals surface area (Å²) in [5, 5.41) is 13.5. The summed E-state index contributed by atoms with van der Waals surface area (Å²) in [5.74, 6) is 1.39. The molecule has 1 heterocycles. The van der Waals surface area contributed by atoms with Gasteiger partial charge in [-0.15, -0.1) is 0 Å². The number of hydrogen-bond donors (Lipinski definition) is 1. The molecule has 1 unspecified atom stereocenters. The SMILES string of the molecule is COCCCc1noc(CC(O)C(C)C)n1. The molecule has 16 heavy (non-hydrogen) atoms. The summed E-state index contributed by atoms with van der Waals surface area (Å²) in [5.41, 5.74) is 0. The van der Waals surface area contributed by atoms with Gasteiger partial charge >= 0.3 is 0 Å². The molecule has 0 fully saturated rings. The number of aliphatic hydroxyl groups excluding tert-OH is 1. The highest BCUT2D eigenvalue weighted by molar-refractivity contribution is 4.88. The molecule has 0 saturated carbocycles. The smallest absolute Gasteiger partial charge is 0.229 e. The summed E-state index contributed by atoms with van der Waals surface area (Å²) in [6.45, 7) is 4.61. The standard InChI is InChI=1S/C11H20N2O3/c1-8(2)9(14)7-11-12-10(13-16-11)5-4-6-15-3/h8-9,14H,4-7H2,1-3H3. The Kier molecular flexibility index (Phi) is 5.42. The average Bonchev–Trinajstić information content (AvgIpc) is 2.66. The third kappa shape index (κ3) is 4.28. The minimum absolute atomic E-state index is 0.198. The number of hydrogen-bond acceptors (Lipinski definition) is 5. The van der Waals surface area contributed by atoms with E-state index in [-0.39, 0.29) is 5.92 Å². The Hall–Kier alpha value is -0.940. The van der Waals surface area contributed by atoms with Crippen LogP contribution in [0, 0.1) is 5.92 Å². The van der Waals surface area contributed by atoms with E-state index >= 15 is 0 Å². The molecule has 0 aliphatic heterocycles. The summed E-state index contributed by atoms with van der Waals surface area (Å²) >= 11 is 0. The average molecular weight is 228 g/mol. The van der Waals surface area contributed by atoms with Crippen molar-refractivity contribution in [2.24, 2.45) is 5.92 Å². The van der Waals surface area contributed by atoms with Gasteiger partial charge in [0.1, 0.15) is 0 Å². The number of aliphatic hydroxyl groups is 1. The normalized spacial score (nSPS) is 13.3. The summed E-state index contributed by atoms with van der Waals surface area (Å²) in [6, 6.07) is 0. The van der Waals surface area contributed by atoms with Gasteiger partial charge in [0.05, 0.1) is 12.5 Å². The Morgan fingerprint density at radius 3 is 2.81 bits per heavy atom. The Morgan fingerprint density at radius 1 is 1.44 bits per heavy atom. The van der Waals surface area contributed by atoms with Crippen molar-refractivity contribution in [2.75, 3.05) is 13.7 Å². The van der Waals surface area contributed by atoms with Gasteiger partial charge in [-0.2, -0.15) is 4.98 Å². The van der Waals surface area contributed by atoms with Crippen LogP contribution in [0.5, 0.6) is 0 Å². The predicted molar refractivity (Wildman–Crippen MR) is 59.0 cm³/mol. The zero-order valence-electron chi connectivity index (χ0n) is 10.1. The van der Waals surface area contributed by atoms with Crippen LogP contribution in [0.15, 0.2) is 4.52 Å². The molecule has 1 rings (SSSR count). The maximum Gasteiger partial charge on any atom is 0.229 e. The van der Waals surface area contributed by atoms with E-state index < -0.39 is 6.10 Å². The molecule has 1 atom stereocenters. The molecule has 0 radical (unpaired) electrons. The first kappa shape index (κ1) is 13.1. The number of aromatic nitrogens is 2. The van der Waals surface area contributed by atoms with Gasteiger partial charge in [0.2, 0.25) is 5.89 Å². The van der Waals surface area contributed by atoms with Crippen molar-refractivity contribution in [1.29, 1.82) is 0 Å². The fourth-order valence-corrected chi connectivity index (χ4v) is 1.26. The van der Waals surface area contributed by atoms with E-state index in [1.54, 1.807) is 7.11 Å². The lowest BCUT2D eigenvalue weighted by molar-refractivity contribution is 0.116. The molecule has 0 spiro atoms. The second-order valence-electron chi connectivity index (χ2n) is 4.22. The second-order valence-corrected chi connectivity index (χ2v) is 4.22. The van der Waals surface area contributed by atoms with Gasteiger partial charge in [-0.1, -0.05) is 19.0 Å². The molecule has 1 aromatic heterocycles. The van der Waals surface area contributed by atoms with E-state index in [0.29, 0.717) is 24.7 Å². The molecular formula is C11H20N2O3. The molecule has 0 aliphatic carbocycles. The Morgan fingerprint density at radius 2 is 2.19 bits per heavy atom. The van der Waals surface area contributed by atoms with E-state index in [1.807, 2.05) is 13.8 Å². The first-order valence-electron chi connectivity index (χ1n) is 5.62. The zero-order chi connectivity index (χ0) is 12.0. The van der Waals surface area contributed by atoms with Crippen LogP contribution in [0.25, 0.3) is 0 Å². The molecule has 0 amide bonds. The fourth-order valence-electron chi connectivity index (χ4n) is 1.26. The van der Waals surface area contributed by atoms with Crippen molar-refractivity contribution in [3.05, 3.63) is 11.7 Å². The third-order valence-corrected chi connectivity index (χ3v) is 2.41. The molecule has 92 valence electrons. The maximum atomic E-state index is 9.66. The van der Waals surface area contributed by atoms with Crippen LogP contribution in [-0.4, -0.2) is 35.1 Å². The molecule has 0 aliphatic rings. The summed E-state index contributed by atoms with van der Waals surface area (Å²) in [6.07, 6.45) is 1.62. The van der Waals surface area contributed by atoms with Crippen LogP contribution in [-0.2, 0) is 17.6 Å². The molecule has 0 aromatic carbocycles. The van der Waals surface area contributed by atoms with Gasteiger partial charge in [0, 0.05) is 20.1 Å². The van der Waals surface area contributed by atoms with Crippen LogP contribution in [0.4, 0.5) is 0 Å². The first-order chi connectivity index (χ1) is 7.63. The van der Waals surface area contributed by atoms with E-state index in [4.69, 9.17) is 9.26 Å². The molecular weight excluding hydrogens is 208 g/mol. The summed E-state index contributed by atoms with van der Waals surface area (Å²) < 4.78 is 9.99. The van der Waals surface area contributed by atoms with Crippen LogP contribution < -0.4 is 0 Å². The van der Waals surface area contributed by atoms with E-state index in [9.17, 15) is 5.11 Å². The maximum absolute atomic E-state index is 9.66. The lowest BCUT2D eigenvalue weighted by atomic mass is 10.0. The van der Waals surface area contributed by atoms with Crippen molar-refractivity contribution in [2.45, 2.75) is 39.2 Å². The number of ether oxygens (including phenoxy) is 1. The highest BCUT2D eigenvalue weighted by Gasteiger charge is 2.14. The monoisotopic (exact) mass is 228 g/mol. The fraction of sp³-hybridized carbons (Fsp3) is 0.818. The molecule has 1 aromatic rings. The topological polar surface area (TPSA) is 68.4 Å². The van der Waals surface area contributed by atoms with Gasteiger partial charge in [-0.3, -0.25) is 0 Å². The van der Waals surface area contributed by atoms with Crippen LogP contribution in [0.2, 0.25) is 0 Å². The molecule has 0 bridgehead atoms. The van der Waals surface area contributed by atoms with Gasteiger partial charge in [0.15, 0.2) is 5.82 Å². The van der Waals surface area contributed by atoms with E-state index in [1.165, 1.54) is 0 Å². The van der Waals surface area contributed by atoms with Gasteiger partial charge in [0.25, 0.3) is 0 Å². The zero-order valence-corrected chi connectivity index (χ0v) is 10.1. The summed E-state index contributed by atoms with van der Waals surface area (Å²) in [7, 11) is 1.67. The van der Waals surface area contributed by atoms with Crippen molar-refractivity contribution in [3.8, 4) is 0 Å². The minimum atomic E-state index is -0.424.